The second-order valence-electron chi connectivity index (χ2n) is 6.45. The van der Waals surface area contributed by atoms with Gasteiger partial charge >= 0.3 is 0 Å². The van der Waals surface area contributed by atoms with Gasteiger partial charge in [0.2, 0.25) is 0 Å². The number of rotatable bonds is 0. The molecule has 0 radical (unpaired) electrons. The zero-order chi connectivity index (χ0) is 9.57. The van der Waals surface area contributed by atoms with Crippen LogP contribution in [0.4, 0.5) is 0 Å². The van der Waals surface area contributed by atoms with E-state index >= 15 is 0 Å². The molecule has 1 fully saturated rings. The largest absolute Gasteiger partial charge is 0.0625 e. The monoisotopic (exact) mass is 168 g/mol. The molecule has 0 N–H and O–H groups in total. The van der Waals surface area contributed by atoms with Gasteiger partial charge in [0.15, 0.2) is 0 Å². The van der Waals surface area contributed by atoms with Crippen LogP contribution in [0.1, 0.15) is 54.4 Å². The number of hydrogen-bond acceptors (Lipinski definition) is 0. The van der Waals surface area contributed by atoms with Crippen molar-refractivity contribution in [3.63, 3.8) is 0 Å². The zero-order valence-electron chi connectivity index (χ0n) is 9.57. The van der Waals surface area contributed by atoms with Crippen LogP contribution in [0, 0.1) is 22.7 Å². The molecule has 0 nitrogen and oxygen atoms in total. The lowest BCUT2D eigenvalue weighted by atomic mass is 9.68. The van der Waals surface area contributed by atoms with E-state index in [0.717, 1.165) is 11.8 Å². The van der Waals surface area contributed by atoms with Crippen molar-refractivity contribution in [2.75, 3.05) is 0 Å². The predicted octanol–water partition coefficient (Wildman–Crippen LogP) is 4.10. The quantitative estimate of drug-likeness (QED) is 0.511. The highest BCUT2D eigenvalue weighted by Gasteiger charge is 2.44. The smallest absolute Gasteiger partial charge is 0.0311 e. The second-order valence-corrected chi connectivity index (χ2v) is 6.45. The third-order valence-corrected chi connectivity index (χ3v) is 3.50. The lowest BCUT2D eigenvalue weighted by Gasteiger charge is -2.37. The van der Waals surface area contributed by atoms with Gasteiger partial charge in [-0.3, -0.25) is 0 Å². The minimum Gasteiger partial charge on any atom is -0.0625 e. The molecule has 1 aliphatic carbocycles. The summed E-state index contributed by atoms with van der Waals surface area (Å²) in [7, 11) is 0. The van der Waals surface area contributed by atoms with Crippen molar-refractivity contribution in [2.24, 2.45) is 22.7 Å². The first-order chi connectivity index (χ1) is 5.23. The maximum atomic E-state index is 2.44. The SMILES string of the molecule is CC1CC(C(C)(C)C)C(C)(C)C1. The first-order valence-corrected chi connectivity index (χ1v) is 5.23. The van der Waals surface area contributed by atoms with Gasteiger partial charge in [-0.15, -0.1) is 0 Å². The van der Waals surface area contributed by atoms with Crippen LogP contribution in [-0.2, 0) is 0 Å². The summed E-state index contributed by atoms with van der Waals surface area (Å²) in [5, 5.41) is 0. The van der Waals surface area contributed by atoms with E-state index in [0.29, 0.717) is 10.8 Å². The Hall–Kier alpha value is 0. The summed E-state index contributed by atoms with van der Waals surface area (Å²) in [5.41, 5.74) is 1.06. The van der Waals surface area contributed by atoms with Crippen LogP contribution in [0.15, 0.2) is 0 Å². The maximum absolute atomic E-state index is 2.44. The predicted molar refractivity (Wildman–Crippen MR) is 55.1 cm³/mol. The van der Waals surface area contributed by atoms with Gasteiger partial charge < -0.3 is 0 Å². The lowest BCUT2D eigenvalue weighted by Crippen LogP contribution is -2.29. The van der Waals surface area contributed by atoms with E-state index in [1.807, 2.05) is 0 Å². The van der Waals surface area contributed by atoms with Crippen LogP contribution < -0.4 is 0 Å². The molecular weight excluding hydrogens is 144 g/mol. The molecule has 0 aromatic carbocycles. The average molecular weight is 168 g/mol. The fourth-order valence-electron chi connectivity index (χ4n) is 3.37. The molecular formula is C12H24. The standard InChI is InChI=1S/C12H24/c1-9-7-10(11(2,3)4)12(5,6)8-9/h9-10H,7-8H2,1-6H3. The second kappa shape index (κ2) is 2.75. The summed E-state index contributed by atoms with van der Waals surface area (Å²) < 4.78 is 0. The molecule has 2 unspecified atom stereocenters. The Balaban J connectivity index is 2.79. The van der Waals surface area contributed by atoms with Gasteiger partial charge in [0.1, 0.15) is 0 Å². The molecule has 0 heterocycles. The molecule has 72 valence electrons. The van der Waals surface area contributed by atoms with Crippen LogP contribution in [0.3, 0.4) is 0 Å². The molecule has 1 rings (SSSR count). The molecule has 0 aromatic heterocycles. The Bertz CT molecular complexity index is 159. The van der Waals surface area contributed by atoms with Crippen molar-refractivity contribution in [3.05, 3.63) is 0 Å². The van der Waals surface area contributed by atoms with Gasteiger partial charge in [0.25, 0.3) is 0 Å². The van der Waals surface area contributed by atoms with Gasteiger partial charge in [0.05, 0.1) is 0 Å². The fourth-order valence-corrected chi connectivity index (χ4v) is 3.37. The highest BCUT2D eigenvalue weighted by Crippen LogP contribution is 2.53. The van der Waals surface area contributed by atoms with E-state index in [1.54, 1.807) is 0 Å². The highest BCUT2D eigenvalue weighted by molar-refractivity contribution is 4.93. The first kappa shape index (κ1) is 10.1. The summed E-state index contributed by atoms with van der Waals surface area (Å²) in [6.45, 7) is 14.4. The molecule has 0 bridgehead atoms. The molecule has 2 atom stereocenters. The Kier molecular flexibility index (Phi) is 2.31. The van der Waals surface area contributed by atoms with Crippen molar-refractivity contribution in [3.8, 4) is 0 Å². The van der Waals surface area contributed by atoms with Gasteiger partial charge in [0, 0.05) is 0 Å². The Labute approximate surface area is 77.7 Å². The van der Waals surface area contributed by atoms with Gasteiger partial charge in [-0.2, -0.15) is 0 Å². The van der Waals surface area contributed by atoms with Crippen molar-refractivity contribution in [2.45, 2.75) is 54.4 Å². The van der Waals surface area contributed by atoms with E-state index < -0.39 is 0 Å². The summed E-state index contributed by atoms with van der Waals surface area (Å²) in [5.74, 6) is 1.84. The molecule has 0 saturated heterocycles. The lowest BCUT2D eigenvalue weighted by molar-refractivity contribution is 0.120. The van der Waals surface area contributed by atoms with Gasteiger partial charge in [-0.25, -0.2) is 0 Å². The van der Waals surface area contributed by atoms with Crippen LogP contribution >= 0.6 is 0 Å². The third kappa shape index (κ3) is 1.84. The molecule has 1 aliphatic rings. The van der Waals surface area contributed by atoms with Crippen LogP contribution in [-0.4, -0.2) is 0 Å². The number of hydrogen-bond donors (Lipinski definition) is 0. The molecule has 0 spiro atoms. The summed E-state index contributed by atoms with van der Waals surface area (Å²) in [6.07, 6.45) is 2.84. The average Bonchev–Trinajstić information content (AvgIpc) is 2.02. The normalized spacial score (nSPS) is 35.5. The highest BCUT2D eigenvalue weighted by atomic mass is 14.5. The van der Waals surface area contributed by atoms with E-state index in [2.05, 4.69) is 41.5 Å². The van der Waals surface area contributed by atoms with Crippen LogP contribution in [0.25, 0.3) is 0 Å². The third-order valence-electron chi connectivity index (χ3n) is 3.50. The summed E-state index contributed by atoms with van der Waals surface area (Å²) in [4.78, 5) is 0. The first-order valence-electron chi connectivity index (χ1n) is 5.23. The van der Waals surface area contributed by atoms with E-state index in [9.17, 15) is 0 Å². The molecule has 12 heavy (non-hydrogen) atoms. The Morgan fingerprint density at radius 2 is 1.67 bits per heavy atom. The molecule has 0 amide bonds. The Morgan fingerprint density at radius 3 is 1.83 bits per heavy atom. The minimum atomic E-state index is 0.494. The van der Waals surface area contributed by atoms with Crippen molar-refractivity contribution in [1.29, 1.82) is 0 Å². The van der Waals surface area contributed by atoms with Crippen molar-refractivity contribution >= 4 is 0 Å². The molecule has 0 aliphatic heterocycles. The van der Waals surface area contributed by atoms with E-state index in [4.69, 9.17) is 0 Å². The van der Waals surface area contributed by atoms with Crippen LogP contribution in [0.5, 0.6) is 0 Å². The zero-order valence-corrected chi connectivity index (χ0v) is 9.57. The maximum Gasteiger partial charge on any atom is -0.0311 e. The van der Waals surface area contributed by atoms with E-state index in [1.165, 1.54) is 12.8 Å². The van der Waals surface area contributed by atoms with Crippen LogP contribution in [0.2, 0.25) is 0 Å². The molecule has 0 heteroatoms. The minimum absolute atomic E-state index is 0.494. The summed E-state index contributed by atoms with van der Waals surface area (Å²) >= 11 is 0. The molecule has 1 saturated carbocycles. The van der Waals surface area contributed by atoms with Crippen molar-refractivity contribution < 1.29 is 0 Å². The summed E-state index contributed by atoms with van der Waals surface area (Å²) in [6, 6.07) is 0. The van der Waals surface area contributed by atoms with E-state index in [-0.39, 0.29) is 0 Å². The topological polar surface area (TPSA) is 0 Å². The van der Waals surface area contributed by atoms with Gasteiger partial charge in [-0.05, 0) is 35.5 Å². The molecule has 0 aromatic rings. The van der Waals surface area contributed by atoms with Crippen molar-refractivity contribution in [1.82, 2.24) is 0 Å². The van der Waals surface area contributed by atoms with Gasteiger partial charge in [-0.1, -0.05) is 41.5 Å². The fraction of sp³-hybridized carbons (Fsp3) is 1.00. The Morgan fingerprint density at radius 1 is 1.17 bits per heavy atom.